The van der Waals surface area contributed by atoms with E-state index in [-0.39, 0.29) is 35.5 Å². The van der Waals surface area contributed by atoms with Crippen LogP contribution in [-0.2, 0) is 19.1 Å². The molecule has 1 heterocycles. The summed E-state index contributed by atoms with van der Waals surface area (Å²) in [5.74, 6) is -1.78. The molecule has 2 rings (SSSR count). The van der Waals surface area contributed by atoms with Crippen molar-refractivity contribution >= 4 is 29.6 Å². The Balaban J connectivity index is 2.07. The van der Waals surface area contributed by atoms with Crippen molar-refractivity contribution in [2.24, 2.45) is 5.92 Å². The molecule has 0 aliphatic carbocycles. The molecule has 0 radical (unpaired) electrons. The maximum atomic E-state index is 13.6. The normalized spacial score (nSPS) is 21.6. The molecular formula is C21H26ClFO5. The summed E-state index contributed by atoms with van der Waals surface area (Å²) in [6.45, 7) is 3.27. The highest BCUT2D eigenvalue weighted by Crippen LogP contribution is 2.33. The van der Waals surface area contributed by atoms with Crippen LogP contribution in [0.25, 0.3) is 6.08 Å². The summed E-state index contributed by atoms with van der Waals surface area (Å²) in [4.78, 5) is 24.5. The van der Waals surface area contributed by atoms with Crippen LogP contribution in [0.5, 0.6) is 0 Å². The van der Waals surface area contributed by atoms with E-state index in [0.29, 0.717) is 12.0 Å². The van der Waals surface area contributed by atoms with Gasteiger partial charge >= 0.3 is 11.9 Å². The lowest BCUT2D eigenvalue weighted by atomic mass is 9.97. The summed E-state index contributed by atoms with van der Waals surface area (Å²) in [5.41, 5.74) is -0.595. The summed E-state index contributed by atoms with van der Waals surface area (Å²) < 4.78 is 24.3. The van der Waals surface area contributed by atoms with E-state index in [0.717, 1.165) is 19.3 Å². The molecule has 154 valence electrons. The number of esters is 2. The van der Waals surface area contributed by atoms with Gasteiger partial charge in [0.15, 0.2) is 5.60 Å². The third-order valence-electron chi connectivity index (χ3n) is 4.87. The number of hydrogen-bond donors (Lipinski definition) is 1. The van der Waals surface area contributed by atoms with Crippen molar-refractivity contribution in [1.82, 2.24) is 0 Å². The van der Waals surface area contributed by atoms with E-state index in [2.05, 4.69) is 6.92 Å². The number of rotatable bonds is 9. The lowest BCUT2D eigenvalue weighted by Crippen LogP contribution is -2.40. The number of halogens is 2. The van der Waals surface area contributed by atoms with E-state index in [1.165, 1.54) is 18.2 Å². The maximum Gasteiger partial charge on any atom is 0.334 e. The zero-order chi connectivity index (χ0) is 20.7. The third kappa shape index (κ3) is 5.55. The Morgan fingerprint density at radius 3 is 2.82 bits per heavy atom. The summed E-state index contributed by atoms with van der Waals surface area (Å²) in [6.07, 6.45) is 4.87. The second kappa shape index (κ2) is 10.0. The molecule has 5 nitrogen and oxygen atoms in total. The molecule has 1 aromatic rings. The number of aliphatic hydroxyl groups excluding tert-OH is 1. The molecule has 2 unspecified atom stereocenters. The van der Waals surface area contributed by atoms with Crippen LogP contribution in [-0.4, -0.2) is 35.9 Å². The number of benzene rings is 1. The zero-order valence-corrected chi connectivity index (χ0v) is 16.9. The molecule has 7 heteroatoms. The van der Waals surface area contributed by atoms with Gasteiger partial charge in [0.05, 0.1) is 17.5 Å². The molecule has 0 saturated carbocycles. The van der Waals surface area contributed by atoms with E-state index in [1.54, 1.807) is 6.07 Å². The molecule has 1 fully saturated rings. The highest BCUT2D eigenvalue weighted by atomic mass is 35.5. The Hall–Kier alpha value is -1.92. The smallest absolute Gasteiger partial charge is 0.334 e. The molecule has 1 saturated heterocycles. The van der Waals surface area contributed by atoms with E-state index in [1.807, 2.05) is 6.92 Å². The standard InChI is InChI=1S/C21H26ClFO5/c1-3-5-6-15(4-2)19(25)27-13-21(12-24)11-16(20(26)28-21)9-14-7-8-17(22)18(23)10-14/h7-10,15,24H,3-6,11-13H2,1-2H3/b16-9-. The Bertz CT molecular complexity index is 748. The topological polar surface area (TPSA) is 72.8 Å². The minimum absolute atomic E-state index is 0.0127. The summed E-state index contributed by atoms with van der Waals surface area (Å²) in [5, 5.41) is 9.76. The van der Waals surface area contributed by atoms with Crippen LogP contribution in [0.1, 0.15) is 51.5 Å². The van der Waals surface area contributed by atoms with E-state index in [4.69, 9.17) is 21.1 Å². The minimum Gasteiger partial charge on any atom is -0.461 e. The fourth-order valence-corrected chi connectivity index (χ4v) is 3.22. The van der Waals surface area contributed by atoms with Crippen molar-refractivity contribution in [3.63, 3.8) is 0 Å². The van der Waals surface area contributed by atoms with Crippen molar-refractivity contribution in [2.75, 3.05) is 13.2 Å². The first-order valence-corrected chi connectivity index (χ1v) is 9.88. The largest absolute Gasteiger partial charge is 0.461 e. The molecule has 0 spiro atoms. The average Bonchev–Trinajstić information content (AvgIpc) is 3.00. The van der Waals surface area contributed by atoms with Crippen molar-refractivity contribution < 1.29 is 28.6 Å². The van der Waals surface area contributed by atoms with Crippen LogP contribution in [0.3, 0.4) is 0 Å². The predicted octanol–water partition coefficient (Wildman–Crippen LogP) is 4.30. The second-order valence-electron chi connectivity index (χ2n) is 7.11. The SMILES string of the molecule is CCCCC(CC)C(=O)OCC1(CO)C/C(=C/c2ccc(Cl)c(F)c2)C(=O)O1. The quantitative estimate of drug-likeness (QED) is 0.483. The highest BCUT2D eigenvalue weighted by Gasteiger charge is 2.44. The summed E-state index contributed by atoms with van der Waals surface area (Å²) in [6, 6.07) is 4.18. The average molecular weight is 413 g/mol. The van der Waals surface area contributed by atoms with E-state index >= 15 is 0 Å². The van der Waals surface area contributed by atoms with Crippen molar-refractivity contribution in [1.29, 1.82) is 0 Å². The van der Waals surface area contributed by atoms with Crippen LogP contribution in [0.2, 0.25) is 5.02 Å². The molecule has 28 heavy (non-hydrogen) atoms. The summed E-state index contributed by atoms with van der Waals surface area (Å²) in [7, 11) is 0. The molecule has 1 aliphatic rings. The van der Waals surface area contributed by atoms with Gasteiger partial charge in [0.25, 0.3) is 0 Å². The number of cyclic esters (lactones) is 1. The van der Waals surface area contributed by atoms with Gasteiger partial charge in [-0.25, -0.2) is 9.18 Å². The first kappa shape index (κ1) is 22.4. The number of hydrogen-bond acceptors (Lipinski definition) is 5. The van der Waals surface area contributed by atoms with Gasteiger partial charge in [0, 0.05) is 12.0 Å². The Kier molecular flexibility index (Phi) is 8.01. The number of carbonyl (C=O) groups is 2. The monoisotopic (exact) mass is 412 g/mol. The molecule has 2 atom stereocenters. The van der Waals surface area contributed by atoms with E-state index < -0.39 is 24.0 Å². The van der Waals surface area contributed by atoms with Gasteiger partial charge in [0.2, 0.25) is 0 Å². The lowest BCUT2D eigenvalue weighted by Gasteiger charge is -2.25. The molecule has 1 aliphatic heterocycles. The minimum atomic E-state index is -1.31. The van der Waals surface area contributed by atoms with Gasteiger partial charge in [-0.2, -0.15) is 0 Å². The van der Waals surface area contributed by atoms with Gasteiger partial charge in [-0.3, -0.25) is 4.79 Å². The van der Waals surface area contributed by atoms with Gasteiger partial charge in [-0.1, -0.05) is 44.4 Å². The molecular weight excluding hydrogens is 387 g/mol. The fourth-order valence-electron chi connectivity index (χ4n) is 3.10. The Labute approximate surface area is 169 Å². The Morgan fingerprint density at radius 1 is 1.46 bits per heavy atom. The van der Waals surface area contributed by atoms with Crippen LogP contribution in [0.4, 0.5) is 4.39 Å². The highest BCUT2D eigenvalue weighted by molar-refractivity contribution is 6.30. The first-order valence-electron chi connectivity index (χ1n) is 9.50. The molecule has 0 aromatic heterocycles. The molecule has 1 N–H and O–H groups in total. The third-order valence-corrected chi connectivity index (χ3v) is 5.17. The van der Waals surface area contributed by atoms with Crippen LogP contribution >= 0.6 is 11.6 Å². The predicted molar refractivity (Wildman–Crippen MR) is 104 cm³/mol. The second-order valence-corrected chi connectivity index (χ2v) is 7.51. The van der Waals surface area contributed by atoms with Crippen LogP contribution in [0, 0.1) is 11.7 Å². The molecule has 0 bridgehead atoms. The first-order chi connectivity index (χ1) is 13.3. The number of carbonyl (C=O) groups excluding carboxylic acids is 2. The van der Waals surface area contributed by atoms with E-state index in [9.17, 15) is 19.1 Å². The number of ether oxygens (including phenoxy) is 2. The summed E-state index contributed by atoms with van der Waals surface area (Å²) >= 11 is 5.66. The number of aliphatic hydroxyl groups is 1. The molecule has 0 amide bonds. The number of unbranched alkanes of at least 4 members (excludes halogenated alkanes) is 1. The molecule has 1 aromatic carbocycles. The Morgan fingerprint density at radius 2 is 2.21 bits per heavy atom. The van der Waals surface area contributed by atoms with Crippen LogP contribution in [0.15, 0.2) is 23.8 Å². The van der Waals surface area contributed by atoms with Crippen LogP contribution < -0.4 is 0 Å². The maximum absolute atomic E-state index is 13.6. The fraction of sp³-hybridized carbons (Fsp3) is 0.524. The van der Waals surface area contributed by atoms with Gasteiger partial charge in [-0.15, -0.1) is 0 Å². The van der Waals surface area contributed by atoms with Gasteiger partial charge in [0.1, 0.15) is 12.4 Å². The zero-order valence-electron chi connectivity index (χ0n) is 16.2. The van der Waals surface area contributed by atoms with Crippen molar-refractivity contribution in [2.45, 2.75) is 51.6 Å². The van der Waals surface area contributed by atoms with Gasteiger partial charge < -0.3 is 14.6 Å². The lowest BCUT2D eigenvalue weighted by molar-refractivity contribution is -0.169. The van der Waals surface area contributed by atoms with Crippen molar-refractivity contribution in [3.05, 3.63) is 40.2 Å². The van der Waals surface area contributed by atoms with Gasteiger partial charge in [-0.05, 0) is 36.6 Å². The van der Waals surface area contributed by atoms with Crippen molar-refractivity contribution in [3.8, 4) is 0 Å².